The van der Waals surface area contributed by atoms with Crippen molar-refractivity contribution in [2.24, 2.45) is 0 Å². The number of hydrogen-bond donors (Lipinski definition) is 3. The van der Waals surface area contributed by atoms with Crippen molar-refractivity contribution in [3.63, 3.8) is 0 Å². The van der Waals surface area contributed by atoms with Gasteiger partial charge >= 0.3 is 12.0 Å². The van der Waals surface area contributed by atoms with Crippen LogP contribution in [0.3, 0.4) is 0 Å². The predicted molar refractivity (Wildman–Crippen MR) is 68.0 cm³/mol. The first-order valence-corrected chi connectivity index (χ1v) is 5.98. The molecule has 98 valence electrons. The summed E-state index contributed by atoms with van der Waals surface area (Å²) in [4.78, 5) is 22.3. The highest BCUT2D eigenvalue weighted by atomic mass is 79.9. The lowest BCUT2D eigenvalue weighted by atomic mass is 10.2. The average Bonchev–Trinajstić information content (AvgIpc) is 2.29. The molecule has 0 saturated heterocycles. The van der Waals surface area contributed by atoms with E-state index in [1.165, 1.54) is 18.2 Å². The summed E-state index contributed by atoms with van der Waals surface area (Å²) in [6.07, 6.45) is 0.271. The van der Waals surface area contributed by atoms with Gasteiger partial charge in [0.15, 0.2) is 0 Å². The van der Waals surface area contributed by atoms with Crippen molar-refractivity contribution in [2.75, 3.05) is 5.32 Å². The second-order valence-electron chi connectivity index (χ2n) is 3.52. The van der Waals surface area contributed by atoms with E-state index in [0.29, 0.717) is 10.2 Å². The Kier molecular flexibility index (Phi) is 5.08. The number of amides is 2. The molecular weight excluding hydrogens is 307 g/mol. The van der Waals surface area contributed by atoms with E-state index in [1.54, 1.807) is 6.92 Å². The summed E-state index contributed by atoms with van der Waals surface area (Å²) in [6.45, 7) is 1.65. The van der Waals surface area contributed by atoms with Gasteiger partial charge in [0, 0.05) is 4.47 Å². The highest BCUT2D eigenvalue weighted by Gasteiger charge is 2.17. The predicted octanol–water partition coefficient (Wildman–Crippen LogP) is 2.57. The van der Waals surface area contributed by atoms with Gasteiger partial charge in [-0.3, -0.25) is 0 Å². The van der Waals surface area contributed by atoms with E-state index in [9.17, 15) is 14.0 Å². The molecule has 1 atom stereocenters. The molecule has 1 rings (SSSR count). The van der Waals surface area contributed by atoms with Crippen LogP contribution in [0.4, 0.5) is 14.9 Å². The zero-order valence-electron chi connectivity index (χ0n) is 9.54. The van der Waals surface area contributed by atoms with Gasteiger partial charge in [0.2, 0.25) is 0 Å². The van der Waals surface area contributed by atoms with Gasteiger partial charge < -0.3 is 15.7 Å². The molecule has 0 aliphatic rings. The summed E-state index contributed by atoms with van der Waals surface area (Å²) in [5, 5.41) is 13.5. The Balaban J connectivity index is 2.67. The highest BCUT2D eigenvalue weighted by Crippen LogP contribution is 2.22. The number of benzene rings is 1. The van der Waals surface area contributed by atoms with Gasteiger partial charge in [-0.1, -0.05) is 6.92 Å². The summed E-state index contributed by atoms with van der Waals surface area (Å²) >= 11 is 3.09. The molecule has 0 radical (unpaired) electrons. The standard InChI is InChI=1S/C11H12BrFN2O3/c1-2-8(10(16)17)14-11(18)15-9-4-3-6(13)5-7(9)12/h3-5,8H,2H2,1H3,(H,16,17)(H2,14,15,18). The van der Waals surface area contributed by atoms with Crippen molar-refractivity contribution in [3.05, 3.63) is 28.5 Å². The molecule has 1 unspecified atom stereocenters. The SMILES string of the molecule is CCC(NC(=O)Nc1ccc(F)cc1Br)C(=O)O. The van der Waals surface area contributed by atoms with Crippen LogP contribution in [0.5, 0.6) is 0 Å². The van der Waals surface area contributed by atoms with Gasteiger partial charge in [-0.2, -0.15) is 0 Å². The molecule has 0 aliphatic heterocycles. The molecule has 1 aromatic rings. The van der Waals surface area contributed by atoms with Gasteiger partial charge in [0.05, 0.1) is 5.69 Å². The van der Waals surface area contributed by atoms with E-state index < -0.39 is 23.9 Å². The molecule has 5 nitrogen and oxygen atoms in total. The topological polar surface area (TPSA) is 78.4 Å². The maximum absolute atomic E-state index is 12.8. The van der Waals surface area contributed by atoms with Crippen LogP contribution in [0, 0.1) is 5.82 Å². The lowest BCUT2D eigenvalue weighted by Crippen LogP contribution is -2.42. The number of halogens is 2. The third-order valence-corrected chi connectivity index (χ3v) is 2.85. The Bertz CT molecular complexity index is 468. The van der Waals surface area contributed by atoms with Crippen LogP contribution in [0.1, 0.15) is 13.3 Å². The molecule has 0 saturated carbocycles. The number of hydrogen-bond acceptors (Lipinski definition) is 2. The minimum atomic E-state index is -1.11. The second kappa shape index (κ2) is 6.34. The minimum absolute atomic E-state index is 0.271. The Morgan fingerprint density at radius 3 is 2.67 bits per heavy atom. The summed E-state index contributed by atoms with van der Waals surface area (Å²) in [5.41, 5.74) is 0.356. The molecule has 0 aromatic heterocycles. The molecule has 0 bridgehead atoms. The van der Waals surface area contributed by atoms with Gasteiger partial charge in [-0.25, -0.2) is 14.0 Å². The number of rotatable bonds is 4. The number of carboxylic acid groups (broad SMARTS) is 1. The lowest BCUT2D eigenvalue weighted by Gasteiger charge is -2.13. The van der Waals surface area contributed by atoms with Crippen molar-refractivity contribution >= 4 is 33.6 Å². The van der Waals surface area contributed by atoms with E-state index in [2.05, 4.69) is 26.6 Å². The third-order valence-electron chi connectivity index (χ3n) is 2.19. The van der Waals surface area contributed by atoms with Crippen molar-refractivity contribution in [3.8, 4) is 0 Å². The van der Waals surface area contributed by atoms with E-state index >= 15 is 0 Å². The van der Waals surface area contributed by atoms with Crippen LogP contribution < -0.4 is 10.6 Å². The summed E-state index contributed by atoms with van der Waals surface area (Å²) in [5.74, 6) is -1.55. The number of aliphatic carboxylic acids is 1. The third kappa shape index (κ3) is 3.99. The zero-order valence-corrected chi connectivity index (χ0v) is 11.1. The summed E-state index contributed by atoms with van der Waals surface area (Å²) in [6, 6.07) is 2.15. The van der Waals surface area contributed by atoms with Crippen LogP contribution in [-0.4, -0.2) is 23.1 Å². The first-order chi connectivity index (χ1) is 8.43. The van der Waals surface area contributed by atoms with E-state index in [-0.39, 0.29) is 6.42 Å². The summed E-state index contributed by atoms with van der Waals surface area (Å²) < 4.78 is 13.2. The fourth-order valence-corrected chi connectivity index (χ4v) is 1.70. The molecule has 0 heterocycles. The number of carbonyl (C=O) groups is 2. The van der Waals surface area contributed by atoms with Gasteiger partial charge in [0.25, 0.3) is 0 Å². The van der Waals surface area contributed by atoms with Crippen molar-refractivity contribution in [1.29, 1.82) is 0 Å². The maximum Gasteiger partial charge on any atom is 0.326 e. The van der Waals surface area contributed by atoms with E-state index in [0.717, 1.165) is 0 Å². The van der Waals surface area contributed by atoms with Crippen LogP contribution in [0.25, 0.3) is 0 Å². The zero-order chi connectivity index (χ0) is 13.7. The fraction of sp³-hybridized carbons (Fsp3) is 0.273. The molecule has 1 aromatic carbocycles. The van der Waals surface area contributed by atoms with Crippen molar-refractivity contribution in [1.82, 2.24) is 5.32 Å². The Morgan fingerprint density at radius 2 is 2.17 bits per heavy atom. The maximum atomic E-state index is 12.8. The Morgan fingerprint density at radius 1 is 1.50 bits per heavy atom. The summed E-state index contributed by atoms with van der Waals surface area (Å²) in [7, 11) is 0. The highest BCUT2D eigenvalue weighted by molar-refractivity contribution is 9.10. The fourth-order valence-electron chi connectivity index (χ4n) is 1.25. The molecule has 0 spiro atoms. The number of urea groups is 1. The van der Waals surface area contributed by atoms with Crippen LogP contribution in [0.2, 0.25) is 0 Å². The smallest absolute Gasteiger partial charge is 0.326 e. The Hall–Kier alpha value is -1.63. The first-order valence-electron chi connectivity index (χ1n) is 5.19. The Labute approximate surface area is 112 Å². The van der Waals surface area contributed by atoms with Gasteiger partial charge in [-0.05, 0) is 40.5 Å². The molecule has 2 amide bonds. The van der Waals surface area contributed by atoms with Crippen LogP contribution in [0.15, 0.2) is 22.7 Å². The molecule has 0 aliphatic carbocycles. The molecule has 0 fully saturated rings. The average molecular weight is 319 g/mol. The number of nitrogens with one attached hydrogen (secondary N) is 2. The second-order valence-corrected chi connectivity index (χ2v) is 4.38. The number of carboxylic acids is 1. The van der Waals surface area contributed by atoms with Gasteiger partial charge in [0.1, 0.15) is 11.9 Å². The normalized spacial score (nSPS) is 11.7. The minimum Gasteiger partial charge on any atom is -0.480 e. The monoisotopic (exact) mass is 318 g/mol. The van der Waals surface area contributed by atoms with Crippen molar-refractivity contribution < 1.29 is 19.1 Å². The quantitative estimate of drug-likeness (QED) is 0.798. The van der Waals surface area contributed by atoms with Crippen LogP contribution in [-0.2, 0) is 4.79 Å². The van der Waals surface area contributed by atoms with Crippen molar-refractivity contribution in [2.45, 2.75) is 19.4 Å². The molecule has 7 heteroatoms. The van der Waals surface area contributed by atoms with E-state index in [4.69, 9.17) is 5.11 Å². The first kappa shape index (κ1) is 14.4. The molecule has 3 N–H and O–H groups in total. The number of anilines is 1. The van der Waals surface area contributed by atoms with Crippen LogP contribution >= 0.6 is 15.9 Å². The molecular formula is C11H12BrFN2O3. The lowest BCUT2D eigenvalue weighted by molar-refractivity contribution is -0.139. The number of carbonyl (C=O) groups excluding carboxylic acids is 1. The van der Waals surface area contributed by atoms with Gasteiger partial charge in [-0.15, -0.1) is 0 Å². The largest absolute Gasteiger partial charge is 0.480 e. The van der Waals surface area contributed by atoms with E-state index in [1.807, 2.05) is 0 Å². The molecule has 18 heavy (non-hydrogen) atoms.